The second kappa shape index (κ2) is 12.1. The van der Waals surface area contributed by atoms with E-state index in [4.69, 9.17) is 14.5 Å². The van der Waals surface area contributed by atoms with E-state index in [0.717, 1.165) is 28.5 Å². The first kappa shape index (κ1) is 26.2. The van der Waals surface area contributed by atoms with Crippen molar-refractivity contribution in [2.75, 3.05) is 20.3 Å². The molecule has 8 nitrogen and oxygen atoms in total. The summed E-state index contributed by atoms with van der Waals surface area (Å²) in [5, 5.41) is 14.9. The lowest BCUT2D eigenvalue weighted by Crippen LogP contribution is -2.39. The van der Waals surface area contributed by atoms with Crippen molar-refractivity contribution in [2.24, 2.45) is 12.0 Å². The Morgan fingerprint density at radius 3 is 2.50 bits per heavy atom. The lowest BCUT2D eigenvalue weighted by molar-refractivity contribution is 0.129. The Morgan fingerprint density at radius 1 is 1.17 bits per heavy atom. The van der Waals surface area contributed by atoms with Crippen LogP contribution in [-0.2, 0) is 24.9 Å². The molecule has 2 rings (SSSR count). The highest BCUT2D eigenvalue weighted by Crippen LogP contribution is 2.25. The molecule has 0 radical (unpaired) electrons. The molecule has 0 atom stereocenters. The molecule has 0 aliphatic heterocycles. The van der Waals surface area contributed by atoms with Crippen molar-refractivity contribution in [1.29, 1.82) is 0 Å². The number of benzene rings is 1. The predicted octanol–water partition coefficient (Wildman–Crippen LogP) is 3.11. The fourth-order valence-electron chi connectivity index (χ4n) is 2.60. The molecule has 0 saturated heterocycles. The maximum atomic E-state index is 6.14. The molecule has 0 spiro atoms. The van der Waals surface area contributed by atoms with Gasteiger partial charge in [0.05, 0.1) is 19.7 Å². The Labute approximate surface area is 196 Å². The van der Waals surface area contributed by atoms with Gasteiger partial charge in [-0.2, -0.15) is 0 Å². The quantitative estimate of drug-likeness (QED) is 0.236. The van der Waals surface area contributed by atoms with E-state index in [1.807, 2.05) is 39.3 Å². The second-order valence-corrected chi connectivity index (χ2v) is 7.99. The highest BCUT2D eigenvalue weighted by molar-refractivity contribution is 14.0. The lowest BCUT2D eigenvalue weighted by Gasteiger charge is -2.23. The van der Waals surface area contributed by atoms with Crippen LogP contribution in [0.3, 0.4) is 0 Å². The Kier molecular flexibility index (Phi) is 10.5. The number of aromatic nitrogens is 3. The van der Waals surface area contributed by atoms with Crippen molar-refractivity contribution < 1.29 is 9.47 Å². The Bertz CT molecular complexity index is 829. The first-order chi connectivity index (χ1) is 13.7. The van der Waals surface area contributed by atoms with Crippen molar-refractivity contribution in [3.8, 4) is 5.75 Å². The molecule has 30 heavy (non-hydrogen) atoms. The highest BCUT2D eigenvalue weighted by atomic mass is 127. The Hall–Kier alpha value is -1.88. The van der Waals surface area contributed by atoms with Gasteiger partial charge in [0.2, 0.25) is 0 Å². The SMILES string of the molecule is COCCNC(=NCc1ccc(C)cc1OC(C)(C)C)NCc1nnc(C)n1C.I. The number of methoxy groups -OCH3 is 1. The lowest BCUT2D eigenvalue weighted by atomic mass is 10.1. The normalized spacial score (nSPS) is 11.8. The van der Waals surface area contributed by atoms with Gasteiger partial charge in [0.1, 0.15) is 17.2 Å². The van der Waals surface area contributed by atoms with E-state index in [2.05, 4.69) is 46.0 Å². The molecule has 0 aliphatic rings. The summed E-state index contributed by atoms with van der Waals surface area (Å²) in [5.74, 6) is 3.26. The molecule has 0 unspecified atom stereocenters. The number of aliphatic imine (C=N–C) groups is 1. The third-order valence-corrected chi connectivity index (χ3v) is 4.24. The van der Waals surface area contributed by atoms with Crippen LogP contribution < -0.4 is 15.4 Å². The first-order valence-electron chi connectivity index (χ1n) is 9.84. The van der Waals surface area contributed by atoms with Crippen LogP contribution in [0.15, 0.2) is 23.2 Å². The standard InChI is InChI=1S/C21H34N6O2.HI/c1-15-8-9-17(18(12-15)29-21(3,4)5)13-23-20(22-10-11-28-7)24-14-19-26-25-16(2)27(19)6;/h8-9,12H,10-11,13-14H2,1-7H3,(H2,22,23,24);1H. The number of nitrogens with zero attached hydrogens (tertiary/aromatic N) is 4. The number of guanidine groups is 1. The van der Waals surface area contributed by atoms with Gasteiger partial charge < -0.3 is 24.7 Å². The zero-order chi connectivity index (χ0) is 21.4. The number of hydrogen-bond acceptors (Lipinski definition) is 5. The third-order valence-electron chi connectivity index (χ3n) is 4.24. The van der Waals surface area contributed by atoms with Crippen molar-refractivity contribution >= 4 is 29.9 Å². The van der Waals surface area contributed by atoms with Crippen LogP contribution in [0.25, 0.3) is 0 Å². The average molecular weight is 530 g/mol. The number of rotatable bonds is 8. The summed E-state index contributed by atoms with van der Waals surface area (Å²) in [6.45, 7) is 12.4. The van der Waals surface area contributed by atoms with E-state index >= 15 is 0 Å². The van der Waals surface area contributed by atoms with Crippen molar-refractivity contribution in [3.05, 3.63) is 41.0 Å². The number of hydrogen-bond donors (Lipinski definition) is 2. The van der Waals surface area contributed by atoms with Gasteiger partial charge in [0.25, 0.3) is 0 Å². The van der Waals surface area contributed by atoms with Crippen molar-refractivity contribution in [3.63, 3.8) is 0 Å². The topological polar surface area (TPSA) is 85.6 Å². The monoisotopic (exact) mass is 530 g/mol. The van der Waals surface area contributed by atoms with Crippen molar-refractivity contribution in [1.82, 2.24) is 25.4 Å². The number of nitrogens with one attached hydrogen (secondary N) is 2. The summed E-state index contributed by atoms with van der Waals surface area (Å²) in [6.07, 6.45) is 0. The number of ether oxygens (including phenoxy) is 2. The summed E-state index contributed by atoms with van der Waals surface area (Å²) >= 11 is 0. The third kappa shape index (κ3) is 8.47. The summed E-state index contributed by atoms with van der Waals surface area (Å²) in [7, 11) is 3.63. The number of aryl methyl sites for hydroxylation is 2. The molecule has 1 aromatic heterocycles. The van der Waals surface area contributed by atoms with Crippen LogP contribution in [0.4, 0.5) is 0 Å². The van der Waals surface area contributed by atoms with Gasteiger partial charge in [0, 0.05) is 26.3 Å². The molecule has 1 aromatic carbocycles. The second-order valence-electron chi connectivity index (χ2n) is 7.99. The van der Waals surface area contributed by atoms with Crippen LogP contribution in [0.5, 0.6) is 5.75 Å². The molecule has 168 valence electrons. The maximum Gasteiger partial charge on any atom is 0.192 e. The minimum absolute atomic E-state index is 0. The molecule has 0 aliphatic carbocycles. The molecule has 0 fully saturated rings. The first-order valence-corrected chi connectivity index (χ1v) is 9.84. The maximum absolute atomic E-state index is 6.14. The average Bonchev–Trinajstić information content (AvgIpc) is 2.95. The number of halogens is 1. The Balaban J connectivity index is 0.00000450. The van der Waals surface area contributed by atoms with E-state index < -0.39 is 0 Å². The zero-order valence-corrected chi connectivity index (χ0v) is 21.4. The zero-order valence-electron chi connectivity index (χ0n) is 19.1. The van der Waals surface area contributed by atoms with Crippen LogP contribution in [0.2, 0.25) is 0 Å². The summed E-state index contributed by atoms with van der Waals surface area (Å²) in [4.78, 5) is 4.74. The molecule has 9 heteroatoms. The molecular formula is C21H35IN6O2. The molecular weight excluding hydrogens is 495 g/mol. The molecule has 0 bridgehead atoms. The van der Waals surface area contributed by atoms with Gasteiger partial charge in [0.15, 0.2) is 11.8 Å². The van der Waals surface area contributed by atoms with Crippen LogP contribution in [-0.4, -0.2) is 46.6 Å². The van der Waals surface area contributed by atoms with Crippen LogP contribution in [0.1, 0.15) is 43.5 Å². The summed E-state index contributed by atoms with van der Waals surface area (Å²) in [6, 6.07) is 6.21. The van der Waals surface area contributed by atoms with Gasteiger partial charge in [-0.25, -0.2) is 4.99 Å². The smallest absolute Gasteiger partial charge is 0.192 e. The van der Waals surface area contributed by atoms with E-state index in [0.29, 0.717) is 32.2 Å². The van der Waals surface area contributed by atoms with E-state index in [1.165, 1.54) is 0 Å². The van der Waals surface area contributed by atoms with Gasteiger partial charge in [-0.05, 0) is 46.2 Å². The summed E-state index contributed by atoms with van der Waals surface area (Å²) in [5.41, 5.74) is 1.92. The minimum Gasteiger partial charge on any atom is -0.488 e. The fraction of sp³-hybridized carbons (Fsp3) is 0.571. The molecule has 1 heterocycles. The van der Waals surface area contributed by atoms with Gasteiger partial charge in [-0.15, -0.1) is 34.2 Å². The minimum atomic E-state index is -0.271. The Morgan fingerprint density at radius 2 is 1.90 bits per heavy atom. The van der Waals surface area contributed by atoms with Gasteiger partial charge in [-0.1, -0.05) is 12.1 Å². The molecule has 2 N–H and O–H groups in total. The highest BCUT2D eigenvalue weighted by Gasteiger charge is 2.15. The fourth-order valence-corrected chi connectivity index (χ4v) is 2.60. The largest absolute Gasteiger partial charge is 0.488 e. The van der Waals surface area contributed by atoms with E-state index in [-0.39, 0.29) is 29.6 Å². The van der Waals surface area contributed by atoms with Crippen LogP contribution >= 0.6 is 24.0 Å². The molecule has 0 amide bonds. The summed E-state index contributed by atoms with van der Waals surface area (Å²) < 4.78 is 13.2. The van der Waals surface area contributed by atoms with Gasteiger partial charge in [-0.3, -0.25) is 0 Å². The molecule has 0 saturated carbocycles. The molecule has 2 aromatic rings. The van der Waals surface area contributed by atoms with Crippen molar-refractivity contribution in [2.45, 2.75) is 53.3 Å². The van der Waals surface area contributed by atoms with Crippen LogP contribution in [0, 0.1) is 13.8 Å². The van der Waals surface area contributed by atoms with Gasteiger partial charge >= 0.3 is 0 Å². The van der Waals surface area contributed by atoms with E-state index in [9.17, 15) is 0 Å². The predicted molar refractivity (Wildman–Crippen MR) is 131 cm³/mol. The van der Waals surface area contributed by atoms with E-state index in [1.54, 1.807) is 7.11 Å².